The van der Waals surface area contributed by atoms with E-state index >= 15 is 0 Å². The summed E-state index contributed by atoms with van der Waals surface area (Å²) in [5, 5.41) is 2.35. The number of hydrogen-bond acceptors (Lipinski definition) is 6. The van der Waals surface area contributed by atoms with Crippen LogP contribution in [-0.4, -0.2) is 47.0 Å². The zero-order valence-electron chi connectivity index (χ0n) is 16.7. The number of carbonyl (C=O) groups is 1. The van der Waals surface area contributed by atoms with Gasteiger partial charge in [-0.15, -0.1) is 0 Å². The summed E-state index contributed by atoms with van der Waals surface area (Å²) in [6, 6.07) is 3.75. The van der Waals surface area contributed by atoms with Gasteiger partial charge < -0.3 is 14.8 Å². The summed E-state index contributed by atoms with van der Waals surface area (Å²) >= 11 is 5.94. The third kappa shape index (κ3) is 5.64. The number of nitrogens with zero attached hydrogens (tertiary/aromatic N) is 2. The standard InChI is InChI=1S/C18H19ClF3N3O5S/c1-11-4-5-13(7-14(11)18(20,21)22)31(27,28)25(10-30-3)15-6-12(19)8-23-16(15)17(26)24-9-29-2/h4-8H,9-10H2,1-3H3,(H,24,26). The molecule has 0 bridgehead atoms. The number of hydrogen-bond donors (Lipinski definition) is 1. The van der Waals surface area contributed by atoms with Gasteiger partial charge in [-0.05, 0) is 30.7 Å². The molecule has 0 aliphatic rings. The monoisotopic (exact) mass is 481 g/mol. The highest BCUT2D eigenvalue weighted by Crippen LogP contribution is 2.35. The highest BCUT2D eigenvalue weighted by molar-refractivity contribution is 7.92. The Bertz CT molecular complexity index is 1060. The quantitative estimate of drug-likeness (QED) is 0.581. The van der Waals surface area contributed by atoms with Gasteiger partial charge in [0.25, 0.3) is 15.9 Å². The summed E-state index contributed by atoms with van der Waals surface area (Å²) in [6.07, 6.45) is -3.64. The number of sulfonamides is 1. The Morgan fingerprint density at radius 1 is 1.23 bits per heavy atom. The van der Waals surface area contributed by atoms with E-state index in [-0.39, 0.29) is 28.7 Å². The second kappa shape index (κ2) is 9.81. The largest absolute Gasteiger partial charge is 0.416 e. The van der Waals surface area contributed by atoms with Crippen molar-refractivity contribution in [3.05, 3.63) is 52.3 Å². The van der Waals surface area contributed by atoms with Crippen molar-refractivity contribution < 1.29 is 35.9 Å². The second-order valence-electron chi connectivity index (χ2n) is 6.21. The molecule has 2 rings (SSSR count). The Morgan fingerprint density at radius 2 is 1.90 bits per heavy atom. The average Bonchev–Trinajstić information content (AvgIpc) is 2.69. The number of carbonyl (C=O) groups excluding carboxylic acids is 1. The summed E-state index contributed by atoms with van der Waals surface area (Å²) in [4.78, 5) is 15.7. The lowest BCUT2D eigenvalue weighted by Gasteiger charge is -2.25. The molecule has 0 aliphatic heterocycles. The third-order valence-corrected chi connectivity index (χ3v) is 5.98. The Balaban J connectivity index is 2.66. The Morgan fingerprint density at radius 3 is 2.48 bits per heavy atom. The molecule has 0 saturated heterocycles. The van der Waals surface area contributed by atoms with E-state index in [4.69, 9.17) is 21.1 Å². The van der Waals surface area contributed by atoms with Crippen molar-refractivity contribution in [1.82, 2.24) is 10.3 Å². The number of benzene rings is 1. The van der Waals surface area contributed by atoms with Crippen molar-refractivity contribution in [3.63, 3.8) is 0 Å². The molecule has 1 N–H and O–H groups in total. The number of nitrogens with one attached hydrogen (secondary N) is 1. The van der Waals surface area contributed by atoms with Crippen molar-refractivity contribution >= 4 is 33.2 Å². The van der Waals surface area contributed by atoms with Crippen LogP contribution in [0.25, 0.3) is 0 Å². The molecule has 170 valence electrons. The van der Waals surface area contributed by atoms with E-state index in [9.17, 15) is 26.4 Å². The molecule has 0 spiro atoms. The highest BCUT2D eigenvalue weighted by atomic mass is 35.5. The average molecular weight is 482 g/mol. The van der Waals surface area contributed by atoms with E-state index in [1.54, 1.807) is 0 Å². The number of aromatic nitrogens is 1. The normalized spacial score (nSPS) is 12.0. The topological polar surface area (TPSA) is 97.8 Å². The fourth-order valence-corrected chi connectivity index (χ4v) is 4.15. The number of pyridine rings is 1. The molecular weight excluding hydrogens is 463 g/mol. The smallest absolute Gasteiger partial charge is 0.364 e. The van der Waals surface area contributed by atoms with E-state index < -0.39 is 39.3 Å². The van der Waals surface area contributed by atoms with Gasteiger partial charge in [0.1, 0.15) is 13.5 Å². The zero-order chi connectivity index (χ0) is 23.4. The minimum atomic E-state index is -4.76. The van der Waals surface area contributed by atoms with Gasteiger partial charge in [0.05, 0.1) is 21.2 Å². The summed E-state index contributed by atoms with van der Waals surface area (Å²) in [6.45, 7) is 0.405. The molecule has 0 saturated carbocycles. The van der Waals surface area contributed by atoms with E-state index in [0.29, 0.717) is 10.4 Å². The predicted molar refractivity (Wildman–Crippen MR) is 106 cm³/mol. The fourth-order valence-electron chi connectivity index (χ4n) is 2.59. The molecule has 1 heterocycles. The summed E-state index contributed by atoms with van der Waals surface area (Å²) in [7, 11) is -2.10. The van der Waals surface area contributed by atoms with Crippen LogP contribution in [0.2, 0.25) is 5.02 Å². The van der Waals surface area contributed by atoms with Crippen molar-refractivity contribution in [3.8, 4) is 0 Å². The van der Waals surface area contributed by atoms with Gasteiger partial charge in [-0.1, -0.05) is 17.7 Å². The molecule has 1 aromatic heterocycles. The maximum absolute atomic E-state index is 13.3. The molecule has 8 nitrogen and oxygen atoms in total. The number of methoxy groups -OCH3 is 2. The van der Waals surface area contributed by atoms with Crippen molar-refractivity contribution in [2.75, 3.05) is 32.0 Å². The van der Waals surface area contributed by atoms with Crippen LogP contribution in [0.1, 0.15) is 21.6 Å². The Hall–Kier alpha value is -2.41. The second-order valence-corrected chi connectivity index (χ2v) is 8.50. The van der Waals surface area contributed by atoms with E-state index in [1.807, 2.05) is 0 Å². The van der Waals surface area contributed by atoms with Crippen LogP contribution in [0.5, 0.6) is 0 Å². The van der Waals surface area contributed by atoms with Crippen LogP contribution in [0, 0.1) is 6.92 Å². The van der Waals surface area contributed by atoms with E-state index in [0.717, 1.165) is 24.4 Å². The molecule has 31 heavy (non-hydrogen) atoms. The van der Waals surface area contributed by atoms with Crippen LogP contribution in [0.15, 0.2) is 35.4 Å². The highest BCUT2D eigenvalue weighted by Gasteiger charge is 2.36. The molecule has 0 unspecified atom stereocenters. The predicted octanol–water partition coefficient (Wildman–Crippen LogP) is 3.20. The lowest BCUT2D eigenvalue weighted by Crippen LogP contribution is -2.36. The zero-order valence-corrected chi connectivity index (χ0v) is 18.2. The summed E-state index contributed by atoms with van der Waals surface area (Å²) in [5.41, 5.74) is -1.87. The molecule has 13 heteroatoms. The van der Waals surface area contributed by atoms with Crippen molar-refractivity contribution in [2.45, 2.75) is 18.0 Å². The van der Waals surface area contributed by atoms with Crippen molar-refractivity contribution in [1.29, 1.82) is 0 Å². The first kappa shape index (κ1) is 24.9. The lowest BCUT2D eigenvalue weighted by atomic mass is 10.1. The van der Waals surface area contributed by atoms with Crippen LogP contribution in [0.3, 0.4) is 0 Å². The number of ether oxygens (including phenoxy) is 2. The number of rotatable bonds is 8. The van der Waals surface area contributed by atoms with Gasteiger partial charge in [-0.2, -0.15) is 13.2 Å². The minimum absolute atomic E-state index is 0.00511. The first-order chi connectivity index (χ1) is 14.4. The number of alkyl halides is 3. The van der Waals surface area contributed by atoms with Gasteiger partial charge in [-0.3, -0.25) is 4.79 Å². The molecule has 0 fully saturated rings. The van der Waals surface area contributed by atoms with Crippen LogP contribution >= 0.6 is 11.6 Å². The molecular formula is C18H19ClF3N3O5S. The SMILES string of the molecule is COCNC(=O)c1ncc(Cl)cc1N(COC)S(=O)(=O)c1ccc(C)c(C(F)(F)F)c1. The maximum atomic E-state index is 13.3. The number of anilines is 1. The maximum Gasteiger partial charge on any atom is 0.416 e. The van der Waals surface area contributed by atoms with Gasteiger partial charge in [-0.25, -0.2) is 17.7 Å². The van der Waals surface area contributed by atoms with Crippen molar-refractivity contribution in [2.24, 2.45) is 0 Å². The molecule has 0 atom stereocenters. The Labute approximate surface area is 182 Å². The lowest BCUT2D eigenvalue weighted by molar-refractivity contribution is -0.138. The van der Waals surface area contributed by atoms with E-state index in [1.165, 1.54) is 21.1 Å². The van der Waals surface area contributed by atoms with Gasteiger partial charge in [0.2, 0.25) is 0 Å². The molecule has 2 aromatic rings. The number of halogens is 4. The number of amides is 1. The molecule has 1 aromatic carbocycles. The first-order valence-corrected chi connectivity index (χ1v) is 10.4. The van der Waals surface area contributed by atoms with Crippen LogP contribution in [0.4, 0.5) is 18.9 Å². The Kier molecular flexibility index (Phi) is 7.87. The van der Waals surface area contributed by atoms with Crippen LogP contribution < -0.4 is 9.62 Å². The first-order valence-electron chi connectivity index (χ1n) is 8.55. The fraction of sp³-hybridized carbons (Fsp3) is 0.333. The third-order valence-electron chi connectivity index (χ3n) is 4.04. The summed E-state index contributed by atoms with van der Waals surface area (Å²) < 4.78 is 76.7. The molecule has 0 aliphatic carbocycles. The van der Waals surface area contributed by atoms with Gasteiger partial charge >= 0.3 is 6.18 Å². The van der Waals surface area contributed by atoms with Crippen LogP contribution in [-0.2, 0) is 25.7 Å². The van der Waals surface area contributed by atoms with Gasteiger partial charge in [0.15, 0.2) is 5.69 Å². The minimum Gasteiger partial charge on any atom is -0.364 e. The number of aryl methyl sites for hydroxylation is 1. The van der Waals surface area contributed by atoms with Gasteiger partial charge in [0, 0.05) is 20.4 Å². The molecule has 1 amide bonds. The molecule has 0 radical (unpaired) electrons. The van der Waals surface area contributed by atoms with E-state index in [2.05, 4.69) is 10.3 Å². The summed E-state index contributed by atoms with van der Waals surface area (Å²) in [5.74, 6) is -0.787.